The highest BCUT2D eigenvalue weighted by Gasteiger charge is 2.10. The van der Waals surface area contributed by atoms with E-state index in [9.17, 15) is 4.79 Å². The number of aryl methyl sites for hydroxylation is 1. The zero-order valence-corrected chi connectivity index (χ0v) is 12.5. The zero-order chi connectivity index (χ0) is 14.0. The first kappa shape index (κ1) is 13.9. The Morgan fingerprint density at radius 2 is 2.00 bits per heavy atom. The van der Waals surface area contributed by atoms with Gasteiger partial charge in [-0.25, -0.2) is 0 Å². The van der Waals surface area contributed by atoms with Crippen LogP contribution in [-0.2, 0) is 0 Å². The molecule has 0 aromatic heterocycles. The van der Waals surface area contributed by atoms with Crippen LogP contribution >= 0.6 is 27.5 Å². The summed E-state index contributed by atoms with van der Waals surface area (Å²) in [6, 6.07) is 10.5. The third-order valence-electron chi connectivity index (χ3n) is 2.56. The molecule has 5 heteroatoms. The third-order valence-corrected chi connectivity index (χ3v) is 3.33. The van der Waals surface area contributed by atoms with Crippen LogP contribution in [0.4, 0.5) is 11.4 Å². The number of nitrogens with two attached hydrogens (primary N) is 1. The fraction of sp³-hybridized carbons (Fsp3) is 0.0714. The molecule has 0 radical (unpaired) electrons. The molecule has 3 nitrogen and oxygen atoms in total. The van der Waals surface area contributed by atoms with Gasteiger partial charge in [-0.3, -0.25) is 4.79 Å². The molecule has 19 heavy (non-hydrogen) atoms. The van der Waals surface area contributed by atoms with Crippen molar-refractivity contribution in [1.29, 1.82) is 0 Å². The zero-order valence-electron chi connectivity index (χ0n) is 10.2. The van der Waals surface area contributed by atoms with Crippen molar-refractivity contribution in [3.8, 4) is 0 Å². The number of anilines is 2. The predicted molar refractivity (Wildman–Crippen MR) is 82.7 cm³/mol. The van der Waals surface area contributed by atoms with Crippen LogP contribution in [0.25, 0.3) is 0 Å². The first-order valence-electron chi connectivity index (χ1n) is 5.59. The Hall–Kier alpha value is -1.52. The van der Waals surface area contributed by atoms with Crippen molar-refractivity contribution in [2.45, 2.75) is 6.92 Å². The van der Waals surface area contributed by atoms with Crippen molar-refractivity contribution < 1.29 is 4.79 Å². The molecule has 2 rings (SSSR count). The molecule has 2 aromatic rings. The van der Waals surface area contributed by atoms with Crippen LogP contribution in [-0.4, -0.2) is 5.91 Å². The Labute approximate surface area is 124 Å². The van der Waals surface area contributed by atoms with Crippen LogP contribution in [0.15, 0.2) is 40.9 Å². The molecular weight excluding hydrogens is 328 g/mol. The summed E-state index contributed by atoms with van der Waals surface area (Å²) in [5.41, 5.74) is 8.32. The summed E-state index contributed by atoms with van der Waals surface area (Å²) in [6.07, 6.45) is 0. The van der Waals surface area contributed by atoms with Gasteiger partial charge in [0, 0.05) is 15.7 Å². The first-order valence-corrected chi connectivity index (χ1v) is 6.76. The molecule has 0 heterocycles. The fourth-order valence-electron chi connectivity index (χ4n) is 1.66. The van der Waals surface area contributed by atoms with Gasteiger partial charge in [0.1, 0.15) is 0 Å². The molecule has 0 bridgehead atoms. The van der Waals surface area contributed by atoms with Gasteiger partial charge in [0.25, 0.3) is 5.91 Å². The van der Waals surface area contributed by atoms with Crippen molar-refractivity contribution in [2.75, 3.05) is 11.1 Å². The highest BCUT2D eigenvalue weighted by atomic mass is 79.9. The predicted octanol–water partition coefficient (Wildman–Crippen LogP) is 4.25. The second kappa shape index (κ2) is 5.63. The maximum Gasteiger partial charge on any atom is 0.255 e. The van der Waals surface area contributed by atoms with E-state index < -0.39 is 0 Å². The summed E-state index contributed by atoms with van der Waals surface area (Å²) < 4.78 is 0.757. The van der Waals surface area contributed by atoms with E-state index in [1.807, 2.05) is 13.0 Å². The Bertz CT molecular complexity index is 623. The van der Waals surface area contributed by atoms with Gasteiger partial charge in [-0.2, -0.15) is 0 Å². The minimum Gasteiger partial charge on any atom is -0.399 e. The van der Waals surface area contributed by atoms with Gasteiger partial charge in [-0.05, 0) is 42.8 Å². The minimum atomic E-state index is -0.251. The van der Waals surface area contributed by atoms with Gasteiger partial charge in [0.05, 0.1) is 10.7 Å². The smallest absolute Gasteiger partial charge is 0.255 e. The van der Waals surface area contributed by atoms with E-state index >= 15 is 0 Å². The van der Waals surface area contributed by atoms with Crippen molar-refractivity contribution in [3.63, 3.8) is 0 Å². The summed E-state index contributed by atoms with van der Waals surface area (Å²) in [5, 5.41) is 3.27. The molecule has 0 aliphatic carbocycles. The number of hydrogen-bond acceptors (Lipinski definition) is 2. The number of nitrogen functional groups attached to an aromatic ring is 1. The highest BCUT2D eigenvalue weighted by Crippen LogP contribution is 2.24. The van der Waals surface area contributed by atoms with Crippen LogP contribution in [0, 0.1) is 6.92 Å². The number of nitrogens with one attached hydrogen (secondary N) is 1. The maximum absolute atomic E-state index is 12.1. The second-order valence-corrected chi connectivity index (χ2v) is 5.53. The Kier molecular flexibility index (Phi) is 4.12. The van der Waals surface area contributed by atoms with E-state index in [0.29, 0.717) is 22.0 Å². The molecule has 0 aliphatic rings. The van der Waals surface area contributed by atoms with Crippen LogP contribution in [0.3, 0.4) is 0 Å². The average molecular weight is 340 g/mol. The summed E-state index contributed by atoms with van der Waals surface area (Å²) >= 11 is 9.38. The number of carbonyl (C=O) groups excluding carboxylic acids is 1. The van der Waals surface area contributed by atoms with Gasteiger partial charge in [0.15, 0.2) is 0 Å². The quantitative estimate of drug-likeness (QED) is 0.804. The van der Waals surface area contributed by atoms with Gasteiger partial charge < -0.3 is 11.1 Å². The van der Waals surface area contributed by atoms with E-state index in [2.05, 4.69) is 21.2 Å². The highest BCUT2D eigenvalue weighted by molar-refractivity contribution is 9.10. The number of benzene rings is 2. The lowest BCUT2D eigenvalue weighted by atomic mass is 10.1. The standard InChI is InChI=1S/C14H12BrClN2O/c1-8-2-3-13(12(16)4-8)18-14(19)9-5-10(15)7-11(17)6-9/h2-7H,17H2,1H3,(H,18,19). The van der Waals surface area contributed by atoms with E-state index in [1.54, 1.807) is 30.3 Å². The van der Waals surface area contributed by atoms with E-state index in [4.69, 9.17) is 17.3 Å². The van der Waals surface area contributed by atoms with Crippen LogP contribution in [0.5, 0.6) is 0 Å². The number of halogens is 2. The SMILES string of the molecule is Cc1ccc(NC(=O)c2cc(N)cc(Br)c2)c(Cl)c1. The van der Waals surface area contributed by atoms with Gasteiger partial charge in [-0.1, -0.05) is 33.6 Å². The summed E-state index contributed by atoms with van der Waals surface area (Å²) in [4.78, 5) is 12.1. The van der Waals surface area contributed by atoms with Crippen molar-refractivity contribution in [2.24, 2.45) is 0 Å². The lowest BCUT2D eigenvalue weighted by Crippen LogP contribution is -2.12. The van der Waals surface area contributed by atoms with Crippen molar-refractivity contribution >= 4 is 44.8 Å². The van der Waals surface area contributed by atoms with Gasteiger partial charge in [-0.15, -0.1) is 0 Å². The number of rotatable bonds is 2. The molecule has 3 N–H and O–H groups in total. The molecule has 0 aliphatic heterocycles. The Balaban J connectivity index is 2.25. The van der Waals surface area contributed by atoms with Crippen LogP contribution in [0.2, 0.25) is 5.02 Å². The Morgan fingerprint density at radius 1 is 1.26 bits per heavy atom. The van der Waals surface area contributed by atoms with Crippen molar-refractivity contribution in [1.82, 2.24) is 0 Å². The minimum absolute atomic E-state index is 0.251. The van der Waals surface area contributed by atoms with Crippen molar-refractivity contribution in [3.05, 3.63) is 57.0 Å². The molecule has 0 fully saturated rings. The molecule has 0 saturated carbocycles. The topological polar surface area (TPSA) is 55.1 Å². The largest absolute Gasteiger partial charge is 0.399 e. The molecule has 0 atom stereocenters. The normalized spacial score (nSPS) is 10.3. The molecule has 0 unspecified atom stereocenters. The third kappa shape index (κ3) is 3.49. The molecule has 1 amide bonds. The maximum atomic E-state index is 12.1. The van der Waals surface area contributed by atoms with Gasteiger partial charge >= 0.3 is 0 Å². The monoisotopic (exact) mass is 338 g/mol. The molecule has 0 saturated heterocycles. The number of carbonyl (C=O) groups is 1. The summed E-state index contributed by atoms with van der Waals surface area (Å²) in [7, 11) is 0. The molecule has 98 valence electrons. The lowest BCUT2D eigenvalue weighted by molar-refractivity contribution is 0.102. The van der Waals surface area contributed by atoms with E-state index in [1.165, 1.54) is 0 Å². The fourth-order valence-corrected chi connectivity index (χ4v) is 2.45. The number of hydrogen-bond donors (Lipinski definition) is 2. The number of amides is 1. The molecular formula is C14H12BrClN2O. The lowest BCUT2D eigenvalue weighted by Gasteiger charge is -2.09. The van der Waals surface area contributed by atoms with Gasteiger partial charge in [0.2, 0.25) is 0 Å². The molecule has 2 aromatic carbocycles. The van der Waals surface area contributed by atoms with Crippen LogP contribution < -0.4 is 11.1 Å². The average Bonchev–Trinajstić information content (AvgIpc) is 2.31. The summed E-state index contributed by atoms with van der Waals surface area (Å²) in [5.74, 6) is -0.251. The summed E-state index contributed by atoms with van der Waals surface area (Å²) in [6.45, 7) is 1.94. The second-order valence-electron chi connectivity index (χ2n) is 4.21. The van der Waals surface area contributed by atoms with E-state index in [0.717, 1.165) is 10.0 Å². The van der Waals surface area contributed by atoms with Crippen LogP contribution in [0.1, 0.15) is 15.9 Å². The van der Waals surface area contributed by atoms with E-state index in [-0.39, 0.29) is 5.91 Å². The molecule has 0 spiro atoms. The Morgan fingerprint density at radius 3 is 2.63 bits per heavy atom. The first-order chi connectivity index (χ1) is 8.95.